The van der Waals surface area contributed by atoms with Gasteiger partial charge < -0.3 is 9.30 Å². The van der Waals surface area contributed by atoms with Crippen LogP contribution in [0, 0.1) is 0 Å². The van der Waals surface area contributed by atoms with Gasteiger partial charge >= 0.3 is 0 Å². The minimum absolute atomic E-state index is 0.197. The van der Waals surface area contributed by atoms with Crippen molar-refractivity contribution < 1.29 is 4.74 Å². The Labute approximate surface area is 118 Å². The maximum atomic E-state index is 5.73. The Morgan fingerprint density at radius 2 is 2.00 bits per heavy atom. The molecule has 0 amide bonds. The van der Waals surface area contributed by atoms with Crippen LogP contribution in [0.4, 0.5) is 0 Å². The molecule has 3 rings (SSSR count). The molecule has 2 aromatic heterocycles. The van der Waals surface area contributed by atoms with Crippen molar-refractivity contribution in [3.8, 4) is 5.75 Å². The van der Waals surface area contributed by atoms with Crippen LogP contribution in [0.25, 0.3) is 10.9 Å². The van der Waals surface area contributed by atoms with Gasteiger partial charge in [-0.3, -0.25) is 4.68 Å². The van der Waals surface area contributed by atoms with Crippen molar-refractivity contribution in [2.45, 2.75) is 26.5 Å². The van der Waals surface area contributed by atoms with Crippen LogP contribution in [0.2, 0.25) is 0 Å². The third-order valence-electron chi connectivity index (χ3n) is 3.22. The molecule has 0 N–H and O–H groups in total. The third kappa shape index (κ3) is 2.54. The minimum Gasteiger partial charge on any atom is -0.491 e. The SMILES string of the molecule is CC(C)Oc1ccc2c(ccn2Cc2ccn(C)n2)c1. The summed E-state index contributed by atoms with van der Waals surface area (Å²) < 4.78 is 9.76. The summed E-state index contributed by atoms with van der Waals surface area (Å²) in [6, 6.07) is 10.4. The summed E-state index contributed by atoms with van der Waals surface area (Å²) in [7, 11) is 1.94. The number of ether oxygens (including phenoxy) is 1. The zero-order chi connectivity index (χ0) is 14.1. The van der Waals surface area contributed by atoms with Crippen molar-refractivity contribution in [3.63, 3.8) is 0 Å². The predicted octanol–water partition coefficient (Wildman–Crippen LogP) is 3.21. The van der Waals surface area contributed by atoms with Gasteiger partial charge in [0.1, 0.15) is 5.75 Å². The van der Waals surface area contributed by atoms with Gasteiger partial charge in [0.05, 0.1) is 18.3 Å². The molecule has 0 aliphatic rings. The van der Waals surface area contributed by atoms with Crippen molar-refractivity contribution in [2.75, 3.05) is 0 Å². The third-order valence-corrected chi connectivity index (χ3v) is 3.22. The first-order valence-corrected chi connectivity index (χ1v) is 6.86. The average molecular weight is 269 g/mol. The van der Waals surface area contributed by atoms with Gasteiger partial charge in [-0.1, -0.05) is 0 Å². The van der Waals surface area contributed by atoms with E-state index < -0.39 is 0 Å². The Bertz CT molecular complexity index is 724. The number of aryl methyl sites for hydroxylation is 1. The van der Waals surface area contributed by atoms with E-state index in [0.717, 1.165) is 18.0 Å². The molecule has 2 heterocycles. The maximum Gasteiger partial charge on any atom is 0.120 e. The van der Waals surface area contributed by atoms with E-state index in [1.54, 1.807) is 0 Å². The van der Waals surface area contributed by atoms with Crippen LogP contribution in [0.3, 0.4) is 0 Å². The number of nitrogens with zero attached hydrogens (tertiary/aromatic N) is 3. The Morgan fingerprint density at radius 3 is 2.70 bits per heavy atom. The van der Waals surface area contributed by atoms with Crippen LogP contribution in [0.15, 0.2) is 42.7 Å². The molecule has 4 heteroatoms. The standard InChI is InChI=1S/C16H19N3O/c1-12(2)20-15-4-5-16-13(10-15)6-9-19(16)11-14-7-8-18(3)17-14/h4-10,12H,11H2,1-3H3. The Hall–Kier alpha value is -2.23. The van der Waals surface area contributed by atoms with E-state index in [4.69, 9.17) is 4.74 Å². The second-order valence-electron chi connectivity index (χ2n) is 5.31. The summed E-state index contributed by atoms with van der Waals surface area (Å²) in [4.78, 5) is 0. The monoisotopic (exact) mass is 269 g/mol. The lowest BCUT2D eigenvalue weighted by Gasteiger charge is -2.10. The molecule has 0 radical (unpaired) electrons. The van der Waals surface area contributed by atoms with Crippen molar-refractivity contribution in [2.24, 2.45) is 7.05 Å². The highest BCUT2D eigenvalue weighted by Gasteiger charge is 2.06. The minimum atomic E-state index is 0.197. The van der Waals surface area contributed by atoms with E-state index in [2.05, 4.69) is 34.1 Å². The topological polar surface area (TPSA) is 32.0 Å². The molecule has 0 spiro atoms. The lowest BCUT2D eigenvalue weighted by atomic mass is 10.2. The molecule has 0 unspecified atom stereocenters. The number of benzene rings is 1. The second kappa shape index (κ2) is 5.04. The number of hydrogen-bond donors (Lipinski definition) is 0. The van der Waals surface area contributed by atoms with E-state index in [9.17, 15) is 0 Å². The maximum absolute atomic E-state index is 5.73. The number of hydrogen-bond acceptors (Lipinski definition) is 2. The van der Waals surface area contributed by atoms with Crippen LogP contribution in [0.1, 0.15) is 19.5 Å². The number of fused-ring (bicyclic) bond motifs is 1. The normalized spacial score (nSPS) is 11.4. The summed E-state index contributed by atoms with van der Waals surface area (Å²) in [5.74, 6) is 0.920. The summed E-state index contributed by atoms with van der Waals surface area (Å²) in [5, 5.41) is 5.61. The fourth-order valence-corrected chi connectivity index (χ4v) is 2.38. The van der Waals surface area contributed by atoms with E-state index in [1.165, 1.54) is 10.9 Å². The first kappa shape index (κ1) is 12.8. The first-order chi connectivity index (χ1) is 9.61. The highest BCUT2D eigenvalue weighted by atomic mass is 16.5. The molecular weight excluding hydrogens is 250 g/mol. The number of rotatable bonds is 4. The molecule has 0 fully saturated rings. The largest absolute Gasteiger partial charge is 0.491 e. The lowest BCUT2D eigenvalue weighted by molar-refractivity contribution is 0.243. The van der Waals surface area contributed by atoms with E-state index in [0.29, 0.717) is 0 Å². The van der Waals surface area contributed by atoms with E-state index in [1.807, 2.05) is 43.9 Å². The zero-order valence-electron chi connectivity index (χ0n) is 12.1. The summed E-state index contributed by atoms with van der Waals surface area (Å²) in [6.45, 7) is 4.86. The molecule has 0 aliphatic heterocycles. The average Bonchev–Trinajstić information content (AvgIpc) is 2.96. The Kier molecular flexibility index (Phi) is 3.22. The second-order valence-corrected chi connectivity index (χ2v) is 5.31. The molecule has 4 nitrogen and oxygen atoms in total. The fraction of sp³-hybridized carbons (Fsp3) is 0.312. The van der Waals surface area contributed by atoms with Crippen LogP contribution in [-0.2, 0) is 13.6 Å². The lowest BCUT2D eigenvalue weighted by Crippen LogP contribution is -2.05. The zero-order valence-corrected chi connectivity index (χ0v) is 12.1. The molecule has 104 valence electrons. The van der Waals surface area contributed by atoms with Crippen LogP contribution < -0.4 is 4.74 Å². The molecule has 0 aliphatic carbocycles. The molecule has 0 saturated carbocycles. The highest BCUT2D eigenvalue weighted by Crippen LogP contribution is 2.23. The Morgan fingerprint density at radius 1 is 1.15 bits per heavy atom. The molecular formula is C16H19N3O. The van der Waals surface area contributed by atoms with Gasteiger partial charge in [-0.15, -0.1) is 0 Å². The van der Waals surface area contributed by atoms with Crippen molar-refractivity contribution in [1.29, 1.82) is 0 Å². The van der Waals surface area contributed by atoms with Gasteiger partial charge in [0.25, 0.3) is 0 Å². The van der Waals surface area contributed by atoms with Gasteiger partial charge in [-0.25, -0.2) is 0 Å². The molecule has 3 aromatic rings. The summed E-state index contributed by atoms with van der Waals surface area (Å²) in [6.07, 6.45) is 4.26. The first-order valence-electron chi connectivity index (χ1n) is 6.86. The number of aromatic nitrogens is 3. The van der Waals surface area contributed by atoms with Crippen molar-refractivity contribution >= 4 is 10.9 Å². The Balaban J connectivity index is 1.89. The summed E-state index contributed by atoms with van der Waals surface area (Å²) >= 11 is 0. The van der Waals surface area contributed by atoms with Crippen molar-refractivity contribution in [1.82, 2.24) is 14.3 Å². The van der Waals surface area contributed by atoms with Gasteiger partial charge in [0, 0.05) is 30.3 Å². The van der Waals surface area contributed by atoms with Gasteiger partial charge in [0.15, 0.2) is 0 Å². The summed E-state index contributed by atoms with van der Waals surface area (Å²) in [5.41, 5.74) is 2.26. The predicted molar refractivity (Wildman–Crippen MR) is 80.0 cm³/mol. The van der Waals surface area contributed by atoms with Crippen LogP contribution >= 0.6 is 0 Å². The van der Waals surface area contributed by atoms with Crippen LogP contribution in [0.5, 0.6) is 5.75 Å². The molecule has 0 bridgehead atoms. The van der Waals surface area contributed by atoms with Crippen molar-refractivity contribution in [3.05, 3.63) is 48.4 Å². The molecule has 20 heavy (non-hydrogen) atoms. The smallest absolute Gasteiger partial charge is 0.120 e. The van der Waals surface area contributed by atoms with Crippen LogP contribution in [-0.4, -0.2) is 20.5 Å². The highest BCUT2D eigenvalue weighted by molar-refractivity contribution is 5.81. The molecule has 0 atom stereocenters. The van der Waals surface area contributed by atoms with Gasteiger partial charge in [-0.05, 0) is 44.2 Å². The van der Waals surface area contributed by atoms with Gasteiger partial charge in [-0.2, -0.15) is 5.10 Å². The van der Waals surface area contributed by atoms with E-state index >= 15 is 0 Å². The fourth-order valence-electron chi connectivity index (χ4n) is 2.38. The van der Waals surface area contributed by atoms with Gasteiger partial charge in [0.2, 0.25) is 0 Å². The molecule has 1 aromatic carbocycles. The quantitative estimate of drug-likeness (QED) is 0.728. The molecule has 0 saturated heterocycles. The van der Waals surface area contributed by atoms with E-state index in [-0.39, 0.29) is 6.10 Å².